The van der Waals surface area contributed by atoms with E-state index in [9.17, 15) is 4.79 Å². The van der Waals surface area contributed by atoms with Crippen molar-refractivity contribution in [2.24, 2.45) is 0 Å². The van der Waals surface area contributed by atoms with Crippen molar-refractivity contribution in [3.8, 4) is 0 Å². The van der Waals surface area contributed by atoms with Crippen LogP contribution in [0.2, 0.25) is 0 Å². The van der Waals surface area contributed by atoms with Crippen molar-refractivity contribution >= 4 is 33.3 Å². The Hall–Kier alpha value is -2.66. The van der Waals surface area contributed by atoms with Gasteiger partial charge < -0.3 is 10.6 Å². The van der Waals surface area contributed by atoms with Crippen LogP contribution >= 0.6 is 15.9 Å². The molecular formula is C19H16BrN3O. The van der Waals surface area contributed by atoms with Crippen LogP contribution in [-0.4, -0.2) is 10.9 Å². The van der Waals surface area contributed by atoms with Crippen molar-refractivity contribution in [2.45, 2.75) is 6.54 Å². The van der Waals surface area contributed by atoms with Crippen molar-refractivity contribution in [1.82, 2.24) is 4.98 Å². The highest BCUT2D eigenvalue weighted by Crippen LogP contribution is 2.15. The minimum atomic E-state index is -0.186. The second-order valence-electron chi connectivity index (χ2n) is 5.24. The molecule has 2 aromatic carbocycles. The maximum atomic E-state index is 12.2. The lowest BCUT2D eigenvalue weighted by Gasteiger charge is -2.08. The third-order valence-electron chi connectivity index (χ3n) is 3.43. The van der Waals surface area contributed by atoms with Gasteiger partial charge in [-0.05, 0) is 35.9 Å². The molecule has 1 amide bonds. The molecule has 0 atom stereocenters. The fourth-order valence-corrected chi connectivity index (χ4v) is 2.59. The van der Waals surface area contributed by atoms with Crippen molar-refractivity contribution in [1.29, 1.82) is 0 Å². The molecule has 0 radical (unpaired) electrons. The van der Waals surface area contributed by atoms with Gasteiger partial charge in [0.05, 0.1) is 11.9 Å². The highest BCUT2D eigenvalue weighted by Gasteiger charge is 2.07. The molecule has 0 aliphatic rings. The van der Waals surface area contributed by atoms with Crippen LogP contribution in [0, 0.1) is 0 Å². The Morgan fingerprint density at radius 3 is 2.54 bits per heavy atom. The number of amides is 1. The first kappa shape index (κ1) is 16.2. The molecule has 5 heteroatoms. The van der Waals surface area contributed by atoms with E-state index in [2.05, 4.69) is 43.7 Å². The molecule has 0 aliphatic heterocycles. The Morgan fingerprint density at radius 2 is 1.83 bits per heavy atom. The summed E-state index contributed by atoms with van der Waals surface area (Å²) in [6.07, 6.45) is 1.71. The van der Waals surface area contributed by atoms with Gasteiger partial charge in [0.25, 0.3) is 5.91 Å². The lowest BCUT2D eigenvalue weighted by Crippen LogP contribution is -2.12. The number of hydrogen-bond donors (Lipinski definition) is 2. The molecule has 2 N–H and O–H groups in total. The Bertz CT molecular complexity index is 820. The number of benzene rings is 2. The first-order valence-electron chi connectivity index (χ1n) is 7.51. The summed E-state index contributed by atoms with van der Waals surface area (Å²) in [6, 6.07) is 21.0. The minimum Gasteiger partial charge on any atom is -0.380 e. The molecule has 0 aliphatic carbocycles. The zero-order valence-electron chi connectivity index (χ0n) is 12.9. The molecule has 0 bridgehead atoms. The van der Waals surface area contributed by atoms with Gasteiger partial charge in [-0.15, -0.1) is 0 Å². The van der Waals surface area contributed by atoms with Crippen molar-refractivity contribution in [3.05, 3.63) is 88.5 Å². The highest BCUT2D eigenvalue weighted by molar-refractivity contribution is 9.10. The number of halogens is 1. The molecule has 0 spiro atoms. The molecule has 1 heterocycles. The SMILES string of the molecule is O=C(Nc1ccc(NCc2ccccc2)cn1)c1cccc(Br)c1. The summed E-state index contributed by atoms with van der Waals surface area (Å²) in [5.41, 5.74) is 2.68. The Kier molecular flexibility index (Phi) is 5.23. The maximum Gasteiger partial charge on any atom is 0.256 e. The summed E-state index contributed by atoms with van der Waals surface area (Å²) in [6.45, 7) is 0.728. The number of rotatable bonds is 5. The fourth-order valence-electron chi connectivity index (χ4n) is 2.19. The predicted octanol–water partition coefficient (Wildman–Crippen LogP) is 4.71. The summed E-state index contributed by atoms with van der Waals surface area (Å²) in [5, 5.41) is 6.09. The Morgan fingerprint density at radius 1 is 1.00 bits per heavy atom. The lowest BCUT2D eigenvalue weighted by atomic mass is 10.2. The van der Waals surface area contributed by atoms with Crippen molar-refractivity contribution < 1.29 is 4.79 Å². The lowest BCUT2D eigenvalue weighted by molar-refractivity contribution is 0.102. The average molecular weight is 382 g/mol. The second kappa shape index (κ2) is 7.75. The molecule has 0 fully saturated rings. The summed E-state index contributed by atoms with van der Waals surface area (Å²) >= 11 is 3.36. The van der Waals surface area contributed by atoms with Gasteiger partial charge in [-0.2, -0.15) is 0 Å². The zero-order valence-corrected chi connectivity index (χ0v) is 14.5. The number of pyridine rings is 1. The molecule has 0 saturated heterocycles. The topological polar surface area (TPSA) is 54.0 Å². The van der Waals surface area contributed by atoms with Crippen LogP contribution in [0.15, 0.2) is 77.4 Å². The molecule has 0 saturated carbocycles. The summed E-state index contributed by atoms with van der Waals surface area (Å²) < 4.78 is 0.864. The molecule has 120 valence electrons. The van der Waals surface area contributed by atoms with Crippen LogP contribution in [0.25, 0.3) is 0 Å². The number of nitrogens with one attached hydrogen (secondary N) is 2. The van der Waals surface area contributed by atoms with Crippen molar-refractivity contribution in [2.75, 3.05) is 10.6 Å². The maximum absolute atomic E-state index is 12.2. The molecule has 0 unspecified atom stereocenters. The molecule has 1 aromatic heterocycles. The van der Waals surface area contributed by atoms with Gasteiger partial charge in [0.2, 0.25) is 0 Å². The van der Waals surface area contributed by atoms with E-state index in [1.807, 2.05) is 36.4 Å². The van der Waals surface area contributed by atoms with Crippen molar-refractivity contribution in [3.63, 3.8) is 0 Å². The third-order valence-corrected chi connectivity index (χ3v) is 3.92. The molecule has 24 heavy (non-hydrogen) atoms. The van der Waals surface area contributed by atoms with E-state index in [1.54, 1.807) is 24.4 Å². The highest BCUT2D eigenvalue weighted by atomic mass is 79.9. The van der Waals surface area contributed by atoms with Gasteiger partial charge >= 0.3 is 0 Å². The van der Waals surface area contributed by atoms with Gasteiger partial charge in [-0.3, -0.25) is 4.79 Å². The van der Waals surface area contributed by atoms with Gasteiger partial charge in [0.15, 0.2) is 0 Å². The second-order valence-corrected chi connectivity index (χ2v) is 6.15. The number of anilines is 2. The number of aromatic nitrogens is 1. The van der Waals surface area contributed by atoms with Crippen LogP contribution in [0.1, 0.15) is 15.9 Å². The van der Waals surface area contributed by atoms with E-state index >= 15 is 0 Å². The standard InChI is InChI=1S/C19H16BrN3O/c20-16-8-4-7-15(11-16)19(24)23-18-10-9-17(13-22-18)21-12-14-5-2-1-3-6-14/h1-11,13,21H,12H2,(H,22,23,24). The van der Waals surface area contributed by atoms with Gasteiger partial charge in [0, 0.05) is 16.6 Å². The van der Waals surface area contributed by atoms with E-state index in [0.717, 1.165) is 16.7 Å². The van der Waals surface area contributed by atoms with Crippen LogP contribution in [0.3, 0.4) is 0 Å². The predicted molar refractivity (Wildman–Crippen MR) is 100 cm³/mol. The van der Waals surface area contributed by atoms with Crippen LogP contribution in [0.4, 0.5) is 11.5 Å². The minimum absolute atomic E-state index is 0.186. The number of hydrogen-bond acceptors (Lipinski definition) is 3. The van der Waals surface area contributed by atoms with E-state index in [1.165, 1.54) is 5.56 Å². The van der Waals surface area contributed by atoms with Gasteiger partial charge in [-0.1, -0.05) is 52.3 Å². The first-order chi connectivity index (χ1) is 11.7. The van der Waals surface area contributed by atoms with Crippen LogP contribution in [0.5, 0.6) is 0 Å². The zero-order chi connectivity index (χ0) is 16.8. The fraction of sp³-hybridized carbons (Fsp3) is 0.0526. The number of nitrogens with zero attached hydrogens (tertiary/aromatic N) is 1. The van der Waals surface area contributed by atoms with Crippen LogP contribution in [-0.2, 0) is 6.54 Å². The van der Waals surface area contributed by atoms with Gasteiger partial charge in [0.1, 0.15) is 5.82 Å². The summed E-state index contributed by atoms with van der Waals surface area (Å²) in [5.74, 6) is 0.332. The number of carbonyl (C=O) groups is 1. The average Bonchev–Trinajstić information content (AvgIpc) is 2.62. The Labute approximate surface area is 149 Å². The van der Waals surface area contributed by atoms with Gasteiger partial charge in [-0.25, -0.2) is 4.98 Å². The monoisotopic (exact) mass is 381 g/mol. The largest absolute Gasteiger partial charge is 0.380 e. The molecule has 4 nitrogen and oxygen atoms in total. The van der Waals surface area contributed by atoms with E-state index in [4.69, 9.17) is 0 Å². The van der Waals surface area contributed by atoms with E-state index < -0.39 is 0 Å². The quantitative estimate of drug-likeness (QED) is 0.672. The first-order valence-corrected chi connectivity index (χ1v) is 8.31. The molecule has 3 aromatic rings. The van der Waals surface area contributed by atoms with E-state index in [0.29, 0.717) is 11.4 Å². The number of carbonyl (C=O) groups excluding carboxylic acids is 1. The molecule has 3 rings (SSSR count). The summed E-state index contributed by atoms with van der Waals surface area (Å²) in [7, 11) is 0. The van der Waals surface area contributed by atoms with Crippen LogP contribution < -0.4 is 10.6 Å². The third kappa shape index (κ3) is 4.43. The molecular weight excluding hydrogens is 366 g/mol. The van der Waals surface area contributed by atoms with E-state index in [-0.39, 0.29) is 5.91 Å². The smallest absolute Gasteiger partial charge is 0.256 e. The Balaban J connectivity index is 1.59. The normalized spacial score (nSPS) is 10.2. The summed E-state index contributed by atoms with van der Waals surface area (Å²) in [4.78, 5) is 16.4.